The molecule has 0 N–H and O–H groups in total. The van der Waals surface area contributed by atoms with Gasteiger partial charge in [0, 0.05) is 30.2 Å². The van der Waals surface area contributed by atoms with E-state index in [1.807, 2.05) is 13.8 Å². The van der Waals surface area contributed by atoms with Gasteiger partial charge in [0.1, 0.15) is 0 Å². The maximum atomic E-state index is 11.7. The molecular weight excluding hydrogens is 286 g/mol. The summed E-state index contributed by atoms with van der Waals surface area (Å²) in [7, 11) is 3.33. The zero-order valence-corrected chi connectivity index (χ0v) is 12.8. The lowest BCUT2D eigenvalue weighted by Gasteiger charge is -2.19. The molecule has 0 bridgehead atoms. The van der Waals surface area contributed by atoms with Crippen LogP contribution in [0.15, 0.2) is 29.2 Å². The maximum Gasteiger partial charge on any atom is 0.261 e. The van der Waals surface area contributed by atoms with Crippen molar-refractivity contribution >= 4 is 25.6 Å². The Labute approximate surface area is 118 Å². The highest BCUT2D eigenvalue weighted by Gasteiger charge is 2.13. The predicted molar refractivity (Wildman–Crippen MR) is 75.7 cm³/mol. The molecule has 106 valence electrons. The fourth-order valence-corrected chi connectivity index (χ4v) is 2.44. The number of hydrogen-bond donors (Lipinski definition) is 0. The molecule has 0 aliphatic rings. The third-order valence-electron chi connectivity index (χ3n) is 2.81. The number of rotatable bonds is 5. The van der Waals surface area contributed by atoms with Gasteiger partial charge in [0.15, 0.2) is 0 Å². The predicted octanol–water partition coefficient (Wildman–Crippen LogP) is 2.27. The summed E-state index contributed by atoms with van der Waals surface area (Å²) in [5.74, 6) is 0.0775. The van der Waals surface area contributed by atoms with Gasteiger partial charge in [-0.25, -0.2) is 8.42 Å². The highest BCUT2D eigenvalue weighted by molar-refractivity contribution is 8.13. The lowest BCUT2D eigenvalue weighted by Crippen LogP contribution is -2.32. The van der Waals surface area contributed by atoms with Gasteiger partial charge in [-0.15, -0.1) is 0 Å². The standard InChI is InChI=1S/C13H18ClNO3S/c1-10(2)13(16)15(3)9-8-11-4-6-12(7-5-11)19(14,17)18/h4-7,10H,8-9H2,1-3H3. The van der Waals surface area contributed by atoms with Gasteiger partial charge in [0.05, 0.1) is 4.90 Å². The van der Waals surface area contributed by atoms with Crippen LogP contribution in [0.2, 0.25) is 0 Å². The van der Waals surface area contributed by atoms with E-state index in [9.17, 15) is 13.2 Å². The van der Waals surface area contributed by atoms with Gasteiger partial charge in [-0.2, -0.15) is 0 Å². The minimum Gasteiger partial charge on any atom is -0.345 e. The topological polar surface area (TPSA) is 54.5 Å². The first kappa shape index (κ1) is 16.0. The maximum absolute atomic E-state index is 11.7. The Morgan fingerprint density at radius 2 is 1.79 bits per heavy atom. The molecule has 1 aromatic carbocycles. The lowest BCUT2D eigenvalue weighted by molar-refractivity contribution is -0.133. The van der Waals surface area contributed by atoms with Gasteiger partial charge >= 0.3 is 0 Å². The van der Waals surface area contributed by atoms with Crippen molar-refractivity contribution in [3.63, 3.8) is 0 Å². The SMILES string of the molecule is CC(C)C(=O)N(C)CCc1ccc(S(=O)(=O)Cl)cc1. The third-order valence-corrected chi connectivity index (χ3v) is 4.18. The molecule has 0 fully saturated rings. The van der Waals surface area contributed by atoms with Crippen LogP contribution in [0.1, 0.15) is 19.4 Å². The summed E-state index contributed by atoms with van der Waals surface area (Å²) in [6, 6.07) is 6.37. The molecule has 0 spiro atoms. The van der Waals surface area contributed by atoms with E-state index in [0.717, 1.165) is 5.56 Å². The van der Waals surface area contributed by atoms with Crippen molar-refractivity contribution in [3.05, 3.63) is 29.8 Å². The van der Waals surface area contributed by atoms with Crippen LogP contribution >= 0.6 is 10.7 Å². The van der Waals surface area contributed by atoms with Crippen LogP contribution in [-0.4, -0.2) is 32.8 Å². The molecule has 0 radical (unpaired) electrons. The van der Waals surface area contributed by atoms with Gasteiger partial charge in [-0.05, 0) is 24.1 Å². The van der Waals surface area contributed by atoms with Gasteiger partial charge in [-0.1, -0.05) is 26.0 Å². The molecule has 0 unspecified atom stereocenters. The molecule has 0 atom stereocenters. The monoisotopic (exact) mass is 303 g/mol. The minimum absolute atomic E-state index is 0.0197. The van der Waals surface area contributed by atoms with E-state index in [1.54, 1.807) is 24.1 Å². The smallest absolute Gasteiger partial charge is 0.261 e. The largest absolute Gasteiger partial charge is 0.345 e. The van der Waals surface area contributed by atoms with Crippen molar-refractivity contribution < 1.29 is 13.2 Å². The number of halogens is 1. The molecule has 6 heteroatoms. The zero-order valence-electron chi connectivity index (χ0n) is 11.3. The number of carbonyl (C=O) groups excluding carboxylic acids is 1. The van der Waals surface area contributed by atoms with Crippen molar-refractivity contribution in [1.82, 2.24) is 4.90 Å². The normalized spacial score (nSPS) is 11.6. The Kier molecular flexibility index (Phi) is 5.38. The van der Waals surface area contributed by atoms with Crippen molar-refractivity contribution in [2.24, 2.45) is 5.92 Å². The first-order chi connectivity index (χ1) is 8.71. The van der Waals surface area contributed by atoms with Crippen molar-refractivity contribution in [1.29, 1.82) is 0 Å². The highest BCUT2D eigenvalue weighted by Crippen LogP contribution is 2.15. The lowest BCUT2D eigenvalue weighted by atomic mass is 10.1. The second-order valence-electron chi connectivity index (χ2n) is 4.75. The molecule has 1 rings (SSSR count). The number of hydrogen-bond acceptors (Lipinski definition) is 3. The van der Waals surface area contributed by atoms with Crippen LogP contribution in [0.25, 0.3) is 0 Å². The van der Waals surface area contributed by atoms with Gasteiger partial charge in [0.2, 0.25) is 5.91 Å². The van der Waals surface area contributed by atoms with Crippen LogP contribution in [0.5, 0.6) is 0 Å². The first-order valence-electron chi connectivity index (χ1n) is 6.00. The molecule has 0 heterocycles. The summed E-state index contributed by atoms with van der Waals surface area (Å²) < 4.78 is 22.2. The number of amides is 1. The number of nitrogens with zero attached hydrogens (tertiary/aromatic N) is 1. The molecule has 1 amide bonds. The van der Waals surface area contributed by atoms with Crippen molar-refractivity contribution in [3.8, 4) is 0 Å². The van der Waals surface area contributed by atoms with E-state index >= 15 is 0 Å². The second kappa shape index (κ2) is 6.39. The summed E-state index contributed by atoms with van der Waals surface area (Å²) in [4.78, 5) is 13.4. The molecule has 0 saturated carbocycles. The van der Waals surface area contributed by atoms with E-state index < -0.39 is 9.05 Å². The summed E-state index contributed by atoms with van der Waals surface area (Å²) >= 11 is 0. The summed E-state index contributed by atoms with van der Waals surface area (Å²) in [5.41, 5.74) is 0.965. The second-order valence-corrected chi connectivity index (χ2v) is 7.31. The average Bonchev–Trinajstić information content (AvgIpc) is 2.34. The van der Waals surface area contributed by atoms with Crippen molar-refractivity contribution in [2.75, 3.05) is 13.6 Å². The number of likely N-dealkylation sites (N-methyl/N-ethyl adjacent to an activating group) is 1. The van der Waals surface area contributed by atoms with Crippen LogP contribution in [0, 0.1) is 5.92 Å². The molecule has 0 saturated heterocycles. The summed E-state index contributed by atoms with van der Waals surface area (Å²) in [5, 5.41) is 0. The molecule has 0 aliphatic carbocycles. The Balaban J connectivity index is 2.62. The zero-order chi connectivity index (χ0) is 14.6. The Bertz CT molecular complexity index is 538. The molecule has 0 aliphatic heterocycles. The van der Waals surface area contributed by atoms with Gasteiger partial charge < -0.3 is 4.90 Å². The van der Waals surface area contributed by atoms with E-state index in [-0.39, 0.29) is 16.7 Å². The highest BCUT2D eigenvalue weighted by atomic mass is 35.7. The van der Waals surface area contributed by atoms with Crippen molar-refractivity contribution in [2.45, 2.75) is 25.2 Å². The van der Waals surface area contributed by atoms with Gasteiger partial charge in [-0.3, -0.25) is 4.79 Å². The van der Waals surface area contributed by atoms with Crippen LogP contribution in [0.3, 0.4) is 0 Å². The Hall–Kier alpha value is -1.07. The molecule has 4 nitrogen and oxygen atoms in total. The number of benzene rings is 1. The fourth-order valence-electron chi connectivity index (χ4n) is 1.67. The first-order valence-corrected chi connectivity index (χ1v) is 8.31. The number of carbonyl (C=O) groups is 1. The molecular formula is C13H18ClNO3S. The van der Waals surface area contributed by atoms with Gasteiger partial charge in [0.25, 0.3) is 9.05 Å². The molecule has 1 aromatic rings. The Morgan fingerprint density at radius 3 is 2.21 bits per heavy atom. The fraction of sp³-hybridized carbons (Fsp3) is 0.462. The van der Waals surface area contributed by atoms with E-state index in [4.69, 9.17) is 10.7 Å². The van der Waals surface area contributed by atoms with Crippen LogP contribution in [-0.2, 0) is 20.3 Å². The van der Waals surface area contributed by atoms with E-state index in [1.165, 1.54) is 12.1 Å². The van der Waals surface area contributed by atoms with E-state index in [2.05, 4.69) is 0 Å². The molecule has 19 heavy (non-hydrogen) atoms. The summed E-state index contributed by atoms with van der Waals surface area (Å²) in [6.45, 7) is 4.32. The summed E-state index contributed by atoms with van der Waals surface area (Å²) in [6.07, 6.45) is 0.678. The van der Waals surface area contributed by atoms with Crippen LogP contribution in [0.4, 0.5) is 0 Å². The Morgan fingerprint density at radius 1 is 1.26 bits per heavy atom. The third kappa shape index (κ3) is 4.84. The minimum atomic E-state index is -3.67. The average molecular weight is 304 g/mol. The quantitative estimate of drug-likeness (QED) is 0.784. The molecule has 0 aromatic heterocycles. The van der Waals surface area contributed by atoms with E-state index in [0.29, 0.717) is 13.0 Å². The van der Waals surface area contributed by atoms with Crippen LogP contribution < -0.4 is 0 Å².